The van der Waals surface area contributed by atoms with Gasteiger partial charge >= 0.3 is 5.97 Å². The topological polar surface area (TPSA) is 85.5 Å². The van der Waals surface area contributed by atoms with Crippen molar-refractivity contribution in [2.45, 2.75) is 23.4 Å². The van der Waals surface area contributed by atoms with Crippen LogP contribution in [0.1, 0.15) is 28.5 Å². The normalized spacial score (nSPS) is 19.6. The van der Waals surface area contributed by atoms with E-state index in [2.05, 4.69) is 4.98 Å². The van der Waals surface area contributed by atoms with Gasteiger partial charge in [0.1, 0.15) is 17.1 Å². The van der Waals surface area contributed by atoms with Crippen LogP contribution in [-0.2, 0) is 20.2 Å². The van der Waals surface area contributed by atoms with E-state index in [1.54, 1.807) is 6.20 Å². The summed E-state index contributed by atoms with van der Waals surface area (Å²) in [5.41, 5.74) is 10.0. The number of esters is 1. The molecule has 0 bridgehead atoms. The predicted octanol–water partition coefficient (Wildman–Crippen LogP) is 4.11. The molecule has 172 valence electrons. The standard InChI is InChI=1S/C26H22ClN3O3S/c27-13-16-11-12-20(29-14-16)19-15-34-25-21(28)24(31)30(25)22(19)26(32)33-23(17-7-3-1-4-8-17)18-9-5-2-6-10-18/h1-12,14,21,23,25H,13,15,28H2/t21-,25-/m1/s1. The number of carbonyl (C=O) groups is 2. The Morgan fingerprint density at radius 2 is 1.74 bits per heavy atom. The van der Waals surface area contributed by atoms with Crippen molar-refractivity contribution < 1.29 is 14.3 Å². The Kier molecular flexibility index (Phi) is 6.41. The molecule has 6 nitrogen and oxygen atoms in total. The molecule has 1 fully saturated rings. The van der Waals surface area contributed by atoms with E-state index in [4.69, 9.17) is 22.1 Å². The van der Waals surface area contributed by atoms with Crippen LogP contribution in [0.4, 0.5) is 0 Å². The van der Waals surface area contributed by atoms with Gasteiger partial charge < -0.3 is 10.5 Å². The van der Waals surface area contributed by atoms with Crippen LogP contribution in [0.5, 0.6) is 0 Å². The van der Waals surface area contributed by atoms with E-state index < -0.39 is 18.1 Å². The van der Waals surface area contributed by atoms with Gasteiger partial charge in [-0.2, -0.15) is 0 Å². The summed E-state index contributed by atoms with van der Waals surface area (Å²) >= 11 is 7.43. The molecule has 0 saturated carbocycles. The van der Waals surface area contributed by atoms with E-state index in [0.29, 0.717) is 22.9 Å². The summed E-state index contributed by atoms with van der Waals surface area (Å²) in [6, 6.07) is 22.1. The molecule has 0 unspecified atom stereocenters. The van der Waals surface area contributed by atoms with Gasteiger partial charge in [-0.05, 0) is 22.8 Å². The maximum Gasteiger partial charge on any atom is 0.356 e. The number of carbonyl (C=O) groups excluding carboxylic acids is 2. The zero-order chi connectivity index (χ0) is 23.7. The largest absolute Gasteiger partial charge is 0.448 e. The van der Waals surface area contributed by atoms with Gasteiger partial charge in [-0.15, -0.1) is 23.4 Å². The monoisotopic (exact) mass is 491 g/mol. The number of rotatable bonds is 6. The molecule has 8 heteroatoms. The van der Waals surface area contributed by atoms with Gasteiger partial charge in [-0.1, -0.05) is 66.7 Å². The van der Waals surface area contributed by atoms with Gasteiger partial charge in [-0.25, -0.2) is 4.79 Å². The third kappa shape index (κ3) is 4.11. The Morgan fingerprint density at radius 3 is 2.29 bits per heavy atom. The lowest BCUT2D eigenvalue weighted by Gasteiger charge is -2.48. The van der Waals surface area contributed by atoms with Crippen molar-refractivity contribution in [1.29, 1.82) is 0 Å². The number of halogens is 1. The first-order valence-electron chi connectivity index (χ1n) is 10.8. The van der Waals surface area contributed by atoms with Gasteiger partial charge in [0.05, 0.1) is 5.69 Å². The number of ether oxygens (including phenoxy) is 1. The van der Waals surface area contributed by atoms with E-state index in [9.17, 15) is 9.59 Å². The molecule has 2 aliphatic rings. The number of benzene rings is 2. The number of pyridine rings is 1. The number of nitrogens with two attached hydrogens (primary N) is 1. The van der Waals surface area contributed by atoms with Crippen molar-refractivity contribution in [3.8, 4) is 0 Å². The maximum atomic E-state index is 13.7. The predicted molar refractivity (Wildman–Crippen MR) is 133 cm³/mol. The van der Waals surface area contributed by atoms with Crippen molar-refractivity contribution in [2.75, 3.05) is 5.75 Å². The molecule has 5 rings (SSSR count). The number of alkyl halides is 1. The summed E-state index contributed by atoms with van der Waals surface area (Å²) in [6.45, 7) is 0. The lowest BCUT2D eigenvalue weighted by molar-refractivity contribution is -0.152. The Labute approximate surface area is 206 Å². The molecule has 3 aromatic rings. The van der Waals surface area contributed by atoms with Crippen LogP contribution in [0.3, 0.4) is 0 Å². The van der Waals surface area contributed by atoms with E-state index in [0.717, 1.165) is 16.7 Å². The molecule has 2 aliphatic heterocycles. The third-order valence-electron chi connectivity index (χ3n) is 5.92. The van der Waals surface area contributed by atoms with Crippen LogP contribution in [0, 0.1) is 0 Å². The second-order valence-corrected chi connectivity index (χ2v) is 9.43. The highest BCUT2D eigenvalue weighted by molar-refractivity contribution is 8.00. The molecule has 0 spiro atoms. The molecule has 0 aliphatic carbocycles. The van der Waals surface area contributed by atoms with Crippen LogP contribution in [0.25, 0.3) is 5.57 Å². The zero-order valence-corrected chi connectivity index (χ0v) is 19.7. The summed E-state index contributed by atoms with van der Waals surface area (Å²) < 4.78 is 6.11. The number of amides is 1. The van der Waals surface area contributed by atoms with E-state index >= 15 is 0 Å². The average Bonchev–Trinajstić information content (AvgIpc) is 2.91. The van der Waals surface area contributed by atoms with E-state index in [1.807, 2.05) is 72.8 Å². The summed E-state index contributed by atoms with van der Waals surface area (Å²) in [5, 5.41) is -0.298. The lowest BCUT2D eigenvalue weighted by Crippen LogP contribution is -2.68. The fourth-order valence-electron chi connectivity index (χ4n) is 4.13. The van der Waals surface area contributed by atoms with E-state index in [-0.39, 0.29) is 17.0 Å². The van der Waals surface area contributed by atoms with Crippen molar-refractivity contribution >= 4 is 40.8 Å². The van der Waals surface area contributed by atoms with Crippen LogP contribution in [-0.4, -0.2) is 38.9 Å². The molecule has 0 radical (unpaired) electrons. The fraction of sp³-hybridized carbons (Fsp3) is 0.192. The first-order chi connectivity index (χ1) is 16.6. The quantitative estimate of drug-likeness (QED) is 0.317. The smallest absolute Gasteiger partial charge is 0.356 e. The molecule has 2 aromatic carbocycles. The number of thioether (sulfide) groups is 1. The van der Waals surface area contributed by atoms with E-state index in [1.165, 1.54) is 16.7 Å². The van der Waals surface area contributed by atoms with Gasteiger partial charge in [0.2, 0.25) is 5.91 Å². The van der Waals surface area contributed by atoms with Crippen molar-refractivity contribution in [3.05, 3.63) is 107 Å². The van der Waals surface area contributed by atoms with Gasteiger partial charge in [0, 0.05) is 23.4 Å². The van der Waals surface area contributed by atoms with Crippen LogP contribution in [0.15, 0.2) is 84.7 Å². The molecular formula is C26H22ClN3O3S. The number of fused-ring (bicyclic) bond motifs is 1. The number of hydrogen-bond acceptors (Lipinski definition) is 6. The molecule has 2 N–H and O–H groups in total. The minimum absolute atomic E-state index is 0.207. The second-order valence-electron chi connectivity index (χ2n) is 8.05. The number of aromatic nitrogens is 1. The Hall–Kier alpha value is -3.13. The summed E-state index contributed by atoms with van der Waals surface area (Å²) in [4.78, 5) is 32.4. The highest BCUT2D eigenvalue weighted by Crippen LogP contribution is 2.43. The molecule has 1 aromatic heterocycles. The molecule has 3 heterocycles. The van der Waals surface area contributed by atoms with Crippen LogP contribution >= 0.6 is 23.4 Å². The minimum atomic E-state index is -0.639. The number of β-lactam (4-membered cyclic amide) rings is 1. The Bertz CT molecular complexity index is 1200. The van der Waals surface area contributed by atoms with Gasteiger partial charge in [-0.3, -0.25) is 14.7 Å². The molecule has 2 atom stereocenters. The third-order valence-corrected chi connectivity index (χ3v) is 7.53. The Balaban J connectivity index is 1.56. The second kappa shape index (κ2) is 9.62. The summed E-state index contributed by atoms with van der Waals surface area (Å²) in [7, 11) is 0. The van der Waals surface area contributed by atoms with Gasteiger partial charge in [0.25, 0.3) is 0 Å². The number of hydrogen-bond donors (Lipinski definition) is 1. The first kappa shape index (κ1) is 22.7. The molecule has 1 saturated heterocycles. The van der Waals surface area contributed by atoms with Crippen molar-refractivity contribution in [1.82, 2.24) is 9.88 Å². The number of nitrogens with zero attached hydrogens (tertiary/aromatic N) is 2. The van der Waals surface area contributed by atoms with Crippen molar-refractivity contribution in [3.63, 3.8) is 0 Å². The van der Waals surface area contributed by atoms with Crippen LogP contribution < -0.4 is 5.73 Å². The Morgan fingerprint density at radius 1 is 1.09 bits per heavy atom. The fourth-order valence-corrected chi connectivity index (χ4v) is 5.59. The van der Waals surface area contributed by atoms with Crippen molar-refractivity contribution in [2.24, 2.45) is 5.73 Å². The zero-order valence-electron chi connectivity index (χ0n) is 18.1. The maximum absolute atomic E-state index is 13.7. The summed E-state index contributed by atoms with van der Waals surface area (Å²) in [6.07, 6.45) is 1.04. The van der Waals surface area contributed by atoms with Crippen LogP contribution in [0.2, 0.25) is 0 Å². The lowest BCUT2D eigenvalue weighted by atomic mass is 10.00. The first-order valence-corrected chi connectivity index (χ1v) is 12.4. The minimum Gasteiger partial charge on any atom is -0.448 e. The highest BCUT2D eigenvalue weighted by Gasteiger charge is 2.52. The summed E-state index contributed by atoms with van der Waals surface area (Å²) in [5.74, 6) is -0.0504. The molecule has 1 amide bonds. The molecular weight excluding hydrogens is 470 g/mol. The molecule has 34 heavy (non-hydrogen) atoms. The van der Waals surface area contributed by atoms with Gasteiger partial charge in [0.15, 0.2) is 6.10 Å². The SMILES string of the molecule is N[C@@H]1C(=O)N2C(C(=O)OC(c3ccccc3)c3ccccc3)=C(c3ccc(CCl)cn3)CS[C@H]12. The highest BCUT2D eigenvalue weighted by atomic mass is 35.5. The average molecular weight is 492 g/mol.